The van der Waals surface area contributed by atoms with Crippen LogP contribution in [0.1, 0.15) is 11.1 Å². The zero-order valence-corrected chi connectivity index (χ0v) is 17.2. The van der Waals surface area contributed by atoms with Gasteiger partial charge in [-0.3, -0.25) is 8.71 Å². The number of benzene rings is 2. The number of rotatable bonds is 6. The van der Waals surface area contributed by atoms with Crippen LogP contribution in [0.25, 0.3) is 5.65 Å². The Bertz CT molecular complexity index is 1320. The van der Waals surface area contributed by atoms with Gasteiger partial charge in [-0.05, 0) is 54.4 Å². The summed E-state index contributed by atoms with van der Waals surface area (Å²) in [5.41, 5.74) is 1.88. The van der Waals surface area contributed by atoms with Gasteiger partial charge in [-0.2, -0.15) is 0 Å². The molecule has 9 heteroatoms. The Balaban J connectivity index is 1.83. The van der Waals surface area contributed by atoms with Crippen LogP contribution in [0.15, 0.2) is 72.0 Å². The van der Waals surface area contributed by atoms with Gasteiger partial charge in [0.05, 0.1) is 19.3 Å². The van der Waals surface area contributed by atoms with E-state index in [9.17, 15) is 12.8 Å². The Kier molecular flexibility index (Phi) is 5.13. The van der Waals surface area contributed by atoms with Crippen molar-refractivity contribution in [3.63, 3.8) is 0 Å². The molecular weight excluding hydrogens is 407 g/mol. The van der Waals surface area contributed by atoms with E-state index in [0.717, 1.165) is 0 Å². The highest BCUT2D eigenvalue weighted by molar-refractivity contribution is 7.92. The van der Waals surface area contributed by atoms with E-state index in [1.807, 2.05) is 0 Å². The van der Waals surface area contributed by atoms with E-state index in [0.29, 0.717) is 22.5 Å². The molecule has 0 amide bonds. The molecule has 0 radical (unpaired) electrons. The van der Waals surface area contributed by atoms with Crippen LogP contribution in [-0.4, -0.2) is 30.1 Å². The predicted molar refractivity (Wildman–Crippen MR) is 110 cm³/mol. The van der Waals surface area contributed by atoms with Crippen LogP contribution >= 0.6 is 0 Å². The summed E-state index contributed by atoms with van der Waals surface area (Å²) in [5, 5.41) is 7.67. The molecule has 0 fully saturated rings. The van der Waals surface area contributed by atoms with Gasteiger partial charge in [-0.1, -0.05) is 18.2 Å². The molecule has 0 aliphatic heterocycles. The van der Waals surface area contributed by atoms with E-state index in [2.05, 4.69) is 10.2 Å². The summed E-state index contributed by atoms with van der Waals surface area (Å²) in [7, 11) is -2.48. The lowest BCUT2D eigenvalue weighted by molar-refractivity contribution is 0.414. The number of hydrogen-bond donors (Lipinski definition) is 0. The number of pyridine rings is 1. The van der Waals surface area contributed by atoms with Gasteiger partial charge in [0.15, 0.2) is 5.65 Å². The number of methoxy groups -OCH3 is 1. The van der Waals surface area contributed by atoms with E-state index < -0.39 is 15.8 Å². The number of anilines is 1. The van der Waals surface area contributed by atoms with Gasteiger partial charge in [-0.25, -0.2) is 12.8 Å². The van der Waals surface area contributed by atoms with Crippen molar-refractivity contribution in [2.45, 2.75) is 18.4 Å². The second-order valence-electron chi connectivity index (χ2n) is 6.76. The van der Waals surface area contributed by atoms with Crippen LogP contribution in [0.5, 0.6) is 5.75 Å². The van der Waals surface area contributed by atoms with Gasteiger partial charge in [0.2, 0.25) is 0 Å². The van der Waals surface area contributed by atoms with Crippen LogP contribution in [0.2, 0.25) is 0 Å². The zero-order valence-electron chi connectivity index (χ0n) is 16.4. The summed E-state index contributed by atoms with van der Waals surface area (Å²) in [6.07, 6.45) is 2.86. The van der Waals surface area contributed by atoms with Crippen LogP contribution in [-0.2, 0) is 16.6 Å². The number of halogens is 1. The smallest absolute Gasteiger partial charge is 0.266 e. The summed E-state index contributed by atoms with van der Waals surface area (Å²) in [6.45, 7) is 1.63. The molecule has 2 heterocycles. The maximum absolute atomic E-state index is 14.3. The molecule has 0 saturated carbocycles. The van der Waals surface area contributed by atoms with Gasteiger partial charge in [-0.15, -0.1) is 10.2 Å². The molecule has 0 unspecified atom stereocenters. The third kappa shape index (κ3) is 3.71. The van der Waals surface area contributed by atoms with E-state index in [-0.39, 0.29) is 17.1 Å². The lowest BCUT2D eigenvalue weighted by Gasteiger charge is -2.25. The number of aromatic nitrogens is 3. The summed E-state index contributed by atoms with van der Waals surface area (Å²) >= 11 is 0. The normalized spacial score (nSPS) is 11.6. The van der Waals surface area contributed by atoms with E-state index >= 15 is 0 Å². The number of fused-ring (bicyclic) bond motifs is 1. The molecule has 0 bridgehead atoms. The van der Waals surface area contributed by atoms with Gasteiger partial charge >= 0.3 is 0 Å². The predicted octanol–water partition coefficient (Wildman–Crippen LogP) is 3.58. The third-order valence-corrected chi connectivity index (χ3v) is 6.51. The Morgan fingerprint density at radius 3 is 2.73 bits per heavy atom. The van der Waals surface area contributed by atoms with Crippen LogP contribution < -0.4 is 9.04 Å². The van der Waals surface area contributed by atoms with E-state index in [1.165, 1.54) is 40.5 Å². The van der Waals surface area contributed by atoms with Crippen LogP contribution in [0.4, 0.5) is 10.1 Å². The molecule has 30 heavy (non-hydrogen) atoms. The Morgan fingerprint density at radius 1 is 1.13 bits per heavy atom. The monoisotopic (exact) mass is 426 g/mol. The van der Waals surface area contributed by atoms with Crippen molar-refractivity contribution >= 4 is 21.4 Å². The minimum atomic E-state index is -4.02. The van der Waals surface area contributed by atoms with Crippen molar-refractivity contribution in [1.29, 1.82) is 0 Å². The zero-order chi connectivity index (χ0) is 21.3. The largest absolute Gasteiger partial charge is 0.497 e. The van der Waals surface area contributed by atoms with Crippen LogP contribution in [0.3, 0.4) is 0 Å². The van der Waals surface area contributed by atoms with Crippen molar-refractivity contribution in [3.8, 4) is 5.75 Å². The second-order valence-corrected chi connectivity index (χ2v) is 8.62. The lowest BCUT2D eigenvalue weighted by atomic mass is 10.2. The molecule has 2 aromatic carbocycles. The average molecular weight is 426 g/mol. The standard InChI is InChI=1S/C21H19FN4O3S/c1-15-6-7-17(11-20(15)22)26(12-16-4-3-5-18(10-16)29-2)30(27,28)19-8-9-21-24-23-14-25(21)13-19/h3-11,13-14H,12H2,1-2H3. The third-order valence-electron chi connectivity index (χ3n) is 4.76. The average Bonchev–Trinajstić information content (AvgIpc) is 3.22. The molecule has 7 nitrogen and oxygen atoms in total. The summed E-state index contributed by atoms with van der Waals surface area (Å²) in [4.78, 5) is 0.0404. The SMILES string of the molecule is COc1cccc(CN(c2ccc(C)c(F)c2)S(=O)(=O)c2ccc3nncn3c2)c1. The molecule has 4 rings (SSSR count). The number of sulfonamides is 1. The first-order valence-electron chi connectivity index (χ1n) is 9.10. The highest BCUT2D eigenvalue weighted by Gasteiger charge is 2.26. The Labute approximate surface area is 173 Å². The molecule has 4 aromatic rings. The minimum absolute atomic E-state index is 0.00223. The first kappa shape index (κ1) is 19.8. The Morgan fingerprint density at radius 2 is 1.97 bits per heavy atom. The summed E-state index contributed by atoms with van der Waals surface area (Å²) in [6, 6.07) is 14.5. The van der Waals surface area contributed by atoms with E-state index in [4.69, 9.17) is 4.74 Å². The van der Waals surface area contributed by atoms with Crippen molar-refractivity contribution in [3.05, 3.63) is 84.1 Å². The minimum Gasteiger partial charge on any atom is -0.497 e. The van der Waals surface area contributed by atoms with E-state index in [1.54, 1.807) is 49.4 Å². The van der Waals surface area contributed by atoms with Crippen molar-refractivity contribution in [1.82, 2.24) is 14.6 Å². The molecule has 154 valence electrons. The van der Waals surface area contributed by atoms with Crippen LogP contribution in [0, 0.1) is 12.7 Å². The second kappa shape index (κ2) is 7.75. The lowest BCUT2D eigenvalue weighted by Crippen LogP contribution is -2.31. The van der Waals surface area contributed by atoms with Crippen molar-refractivity contribution in [2.75, 3.05) is 11.4 Å². The van der Waals surface area contributed by atoms with Gasteiger partial charge in [0, 0.05) is 6.20 Å². The van der Waals surface area contributed by atoms with Gasteiger partial charge in [0.25, 0.3) is 10.0 Å². The highest BCUT2D eigenvalue weighted by Crippen LogP contribution is 2.28. The molecule has 0 aliphatic rings. The molecule has 0 spiro atoms. The highest BCUT2D eigenvalue weighted by atomic mass is 32.2. The number of ether oxygens (including phenoxy) is 1. The summed E-state index contributed by atoms with van der Waals surface area (Å²) < 4.78 is 49.4. The van der Waals surface area contributed by atoms with Gasteiger partial charge < -0.3 is 4.74 Å². The maximum atomic E-state index is 14.3. The van der Waals surface area contributed by atoms with Crippen molar-refractivity contribution < 1.29 is 17.5 Å². The number of hydrogen-bond acceptors (Lipinski definition) is 5. The molecule has 0 saturated heterocycles. The first-order chi connectivity index (χ1) is 14.4. The molecule has 0 N–H and O–H groups in total. The molecule has 0 atom stereocenters. The maximum Gasteiger partial charge on any atom is 0.266 e. The molecular formula is C21H19FN4O3S. The topological polar surface area (TPSA) is 76.8 Å². The fraction of sp³-hybridized carbons (Fsp3) is 0.143. The first-order valence-corrected chi connectivity index (χ1v) is 10.5. The fourth-order valence-corrected chi connectivity index (χ4v) is 4.53. The molecule has 0 aliphatic carbocycles. The number of aryl methyl sites for hydroxylation is 1. The molecule has 2 aromatic heterocycles. The van der Waals surface area contributed by atoms with Gasteiger partial charge in [0.1, 0.15) is 22.8 Å². The fourth-order valence-electron chi connectivity index (χ4n) is 3.08. The Hall–Kier alpha value is -3.46. The summed E-state index contributed by atoms with van der Waals surface area (Å²) in [5.74, 6) is 0.124. The number of nitrogens with zero attached hydrogens (tertiary/aromatic N) is 4. The van der Waals surface area contributed by atoms with Crippen molar-refractivity contribution in [2.24, 2.45) is 0 Å². The quantitative estimate of drug-likeness (QED) is 0.471.